The predicted octanol–water partition coefficient (Wildman–Crippen LogP) is 6.41. The van der Waals surface area contributed by atoms with Gasteiger partial charge >= 0.3 is 0 Å². The summed E-state index contributed by atoms with van der Waals surface area (Å²) >= 11 is 3.59. The second-order valence-electron chi connectivity index (χ2n) is 7.60. The van der Waals surface area contributed by atoms with Crippen molar-refractivity contribution in [2.45, 2.75) is 38.5 Å². The third kappa shape index (κ3) is 2.94. The molecule has 2 aromatic carbocycles. The van der Waals surface area contributed by atoms with Crippen LogP contribution in [-0.4, -0.2) is 10.7 Å². The number of hydrogen-bond acceptors (Lipinski definition) is 4. The monoisotopic (exact) mass is 436 g/mol. The summed E-state index contributed by atoms with van der Waals surface area (Å²) in [6.45, 7) is 4.41. The van der Waals surface area contributed by atoms with Crippen molar-refractivity contribution in [3.8, 4) is 5.75 Å². The zero-order valence-electron chi connectivity index (χ0n) is 15.8. The minimum absolute atomic E-state index is 0.121. The van der Waals surface area contributed by atoms with Crippen LogP contribution in [0.4, 0.5) is 0 Å². The summed E-state index contributed by atoms with van der Waals surface area (Å²) in [5.41, 5.74) is 4.53. The quantitative estimate of drug-likeness (QED) is 0.475. The fraction of sp³-hybridized carbons (Fsp3) is 0.261. The molecule has 1 aromatic heterocycles. The summed E-state index contributed by atoms with van der Waals surface area (Å²) in [4.78, 5) is 0. The molecule has 0 radical (unpaired) electrons. The highest BCUT2D eigenvalue weighted by Crippen LogP contribution is 2.48. The molecule has 3 heterocycles. The Labute approximate surface area is 172 Å². The van der Waals surface area contributed by atoms with E-state index in [4.69, 9.17) is 14.3 Å². The molecule has 0 fully saturated rings. The molecule has 0 saturated heterocycles. The lowest BCUT2D eigenvalue weighted by atomic mass is 9.96. The Bertz CT molecular complexity index is 1030. The zero-order valence-corrected chi connectivity index (χ0v) is 17.4. The summed E-state index contributed by atoms with van der Waals surface area (Å²) < 4.78 is 13.1. The first-order chi connectivity index (χ1) is 13.6. The molecule has 0 N–H and O–H groups in total. The van der Waals surface area contributed by atoms with Gasteiger partial charge < -0.3 is 9.15 Å². The van der Waals surface area contributed by atoms with Gasteiger partial charge in [-0.2, -0.15) is 5.10 Å². The number of hydrazone groups is 1. The molecule has 2 atom stereocenters. The molecule has 0 unspecified atom stereocenters. The molecule has 0 spiro atoms. The van der Waals surface area contributed by atoms with Gasteiger partial charge in [0.15, 0.2) is 0 Å². The van der Waals surface area contributed by atoms with Crippen molar-refractivity contribution in [1.82, 2.24) is 5.01 Å². The molecular formula is C23H21BrN2O2. The van der Waals surface area contributed by atoms with Gasteiger partial charge in [-0.15, -0.1) is 0 Å². The highest BCUT2D eigenvalue weighted by atomic mass is 79.9. The normalized spacial score (nSPS) is 20.6. The molecule has 2 aliphatic heterocycles. The molecule has 5 rings (SSSR count). The molecule has 28 heavy (non-hydrogen) atoms. The van der Waals surface area contributed by atoms with Gasteiger partial charge in [0.25, 0.3) is 0 Å². The predicted molar refractivity (Wildman–Crippen MR) is 112 cm³/mol. The molecule has 2 aliphatic rings. The van der Waals surface area contributed by atoms with Gasteiger partial charge in [0.05, 0.1) is 12.3 Å². The maximum Gasteiger partial charge on any atom is 0.213 e. The smallest absolute Gasteiger partial charge is 0.213 e. The molecule has 0 bridgehead atoms. The fourth-order valence-electron chi connectivity index (χ4n) is 3.92. The third-order valence-corrected chi connectivity index (χ3v) is 5.94. The van der Waals surface area contributed by atoms with Crippen LogP contribution in [0.15, 0.2) is 74.9 Å². The number of fused-ring (bicyclic) bond motifs is 3. The van der Waals surface area contributed by atoms with E-state index in [1.54, 1.807) is 6.26 Å². The average Bonchev–Trinajstić information content (AvgIpc) is 3.37. The second kappa shape index (κ2) is 6.82. The minimum Gasteiger partial charge on any atom is -0.464 e. The maximum atomic E-state index is 6.42. The topological polar surface area (TPSA) is 38.0 Å². The van der Waals surface area contributed by atoms with E-state index in [-0.39, 0.29) is 12.3 Å². The maximum absolute atomic E-state index is 6.42. The van der Waals surface area contributed by atoms with Crippen LogP contribution in [0.25, 0.3) is 0 Å². The van der Waals surface area contributed by atoms with Gasteiger partial charge in [-0.25, -0.2) is 5.01 Å². The Morgan fingerprint density at radius 3 is 2.64 bits per heavy atom. The van der Waals surface area contributed by atoms with Gasteiger partial charge in [0, 0.05) is 22.0 Å². The van der Waals surface area contributed by atoms with Crippen molar-refractivity contribution < 1.29 is 9.15 Å². The number of nitrogens with zero attached hydrogens (tertiary/aromatic N) is 2. The summed E-state index contributed by atoms with van der Waals surface area (Å²) in [6.07, 6.45) is 2.23. The Kier molecular flexibility index (Phi) is 4.27. The van der Waals surface area contributed by atoms with Gasteiger partial charge in [-0.3, -0.25) is 0 Å². The van der Waals surface area contributed by atoms with Crippen molar-refractivity contribution in [2.24, 2.45) is 5.10 Å². The summed E-state index contributed by atoms with van der Waals surface area (Å²) in [6, 6.07) is 18.9. The first-order valence-electron chi connectivity index (χ1n) is 9.56. The lowest BCUT2D eigenvalue weighted by Crippen LogP contribution is -2.33. The van der Waals surface area contributed by atoms with Gasteiger partial charge in [-0.1, -0.05) is 54.0 Å². The summed E-state index contributed by atoms with van der Waals surface area (Å²) in [5, 5.41) is 6.99. The Morgan fingerprint density at radius 1 is 1.11 bits per heavy atom. The van der Waals surface area contributed by atoms with Crippen LogP contribution in [0.5, 0.6) is 5.75 Å². The zero-order chi connectivity index (χ0) is 19.3. The van der Waals surface area contributed by atoms with E-state index in [1.807, 2.05) is 24.3 Å². The number of ether oxygens (including phenoxy) is 1. The van der Waals surface area contributed by atoms with Crippen LogP contribution in [0.1, 0.15) is 60.9 Å². The van der Waals surface area contributed by atoms with Crippen molar-refractivity contribution in [1.29, 1.82) is 0 Å². The second-order valence-corrected chi connectivity index (χ2v) is 8.51. The Hall–Kier alpha value is -2.53. The van der Waals surface area contributed by atoms with Crippen LogP contribution in [0.2, 0.25) is 0 Å². The van der Waals surface area contributed by atoms with E-state index in [0.29, 0.717) is 5.92 Å². The van der Waals surface area contributed by atoms with Crippen molar-refractivity contribution in [2.75, 3.05) is 0 Å². The summed E-state index contributed by atoms with van der Waals surface area (Å²) in [7, 11) is 0. The van der Waals surface area contributed by atoms with Crippen molar-refractivity contribution >= 4 is 21.6 Å². The van der Waals surface area contributed by atoms with Crippen molar-refractivity contribution in [3.63, 3.8) is 0 Å². The van der Waals surface area contributed by atoms with E-state index in [9.17, 15) is 0 Å². The largest absolute Gasteiger partial charge is 0.464 e. The fourth-order valence-corrected chi connectivity index (χ4v) is 4.29. The van der Waals surface area contributed by atoms with Crippen LogP contribution in [0, 0.1) is 0 Å². The highest BCUT2D eigenvalue weighted by molar-refractivity contribution is 9.10. The molecule has 142 valence electrons. The van der Waals surface area contributed by atoms with E-state index in [1.165, 1.54) is 5.56 Å². The molecule has 3 aromatic rings. The average molecular weight is 437 g/mol. The van der Waals surface area contributed by atoms with Crippen molar-refractivity contribution in [3.05, 3.63) is 87.8 Å². The molecule has 0 amide bonds. The lowest BCUT2D eigenvalue weighted by Gasteiger charge is -2.38. The molecular weight excluding hydrogens is 416 g/mol. The number of rotatable bonds is 3. The first kappa shape index (κ1) is 17.6. The van der Waals surface area contributed by atoms with Gasteiger partial charge in [-0.05, 0) is 41.8 Å². The molecule has 0 aliphatic carbocycles. The third-order valence-electron chi connectivity index (χ3n) is 5.45. The standard InChI is InChI=1S/C23H21BrN2O2/c1-14(2)15-5-7-16(8-6-15)23-26-20(13-19(25-26)22-4-3-11-27-22)18-12-17(24)9-10-21(18)28-23/h3-12,14,20,23H,13H2,1-2H3/t20-,23+/m0/s1. The molecule has 0 saturated carbocycles. The van der Waals surface area contributed by atoms with Crippen LogP contribution >= 0.6 is 15.9 Å². The Balaban J connectivity index is 1.57. The Morgan fingerprint density at radius 2 is 1.93 bits per heavy atom. The number of hydrogen-bond donors (Lipinski definition) is 0. The highest BCUT2D eigenvalue weighted by Gasteiger charge is 2.41. The SMILES string of the molecule is CC(C)c1ccc([C@H]2Oc3ccc(Br)cc3[C@@H]3CC(c4ccco4)=NN23)cc1. The van der Waals surface area contributed by atoms with E-state index in [2.05, 4.69) is 65.1 Å². The van der Waals surface area contributed by atoms with Crippen LogP contribution in [0.3, 0.4) is 0 Å². The van der Waals surface area contributed by atoms with Crippen LogP contribution < -0.4 is 4.74 Å². The number of furan rings is 1. The number of halogens is 1. The summed E-state index contributed by atoms with van der Waals surface area (Å²) in [5.74, 6) is 2.24. The van der Waals surface area contributed by atoms with E-state index in [0.717, 1.165) is 39.2 Å². The minimum atomic E-state index is -0.257. The van der Waals surface area contributed by atoms with Crippen LogP contribution in [-0.2, 0) is 0 Å². The van der Waals surface area contributed by atoms with Gasteiger partial charge in [0.2, 0.25) is 6.23 Å². The van der Waals surface area contributed by atoms with Gasteiger partial charge in [0.1, 0.15) is 17.2 Å². The lowest BCUT2D eigenvalue weighted by molar-refractivity contribution is -0.0190. The molecule has 4 nitrogen and oxygen atoms in total. The number of benzene rings is 2. The van der Waals surface area contributed by atoms with E-state index >= 15 is 0 Å². The molecule has 5 heteroatoms. The van der Waals surface area contributed by atoms with E-state index < -0.39 is 0 Å². The first-order valence-corrected chi connectivity index (χ1v) is 10.3.